The lowest BCUT2D eigenvalue weighted by atomic mass is 9.94. The van der Waals surface area contributed by atoms with E-state index >= 15 is 0 Å². The lowest BCUT2D eigenvalue weighted by Crippen LogP contribution is -2.29. The molecule has 2 aliphatic heterocycles. The molecule has 1 amide bonds. The van der Waals surface area contributed by atoms with Crippen LogP contribution < -0.4 is 14.2 Å². The minimum atomic E-state index is -0.764. The molecular formula is C31H31NO6. The molecule has 7 nitrogen and oxygen atoms in total. The summed E-state index contributed by atoms with van der Waals surface area (Å²) in [4.78, 5) is 28.3. The fourth-order valence-corrected chi connectivity index (χ4v) is 4.98. The number of fused-ring (bicyclic) bond motifs is 1. The second-order valence-corrected chi connectivity index (χ2v) is 9.79. The number of aliphatic hydroxyl groups excluding tert-OH is 1. The molecule has 0 bridgehead atoms. The number of nitrogens with zero attached hydrogens (tertiary/aromatic N) is 1. The van der Waals surface area contributed by atoms with Crippen LogP contribution in [0.2, 0.25) is 0 Å². The number of Topliss-reactive ketones (excluding diaryl/α,β-unsaturated/α-hetero) is 1. The molecule has 1 saturated heterocycles. The Labute approximate surface area is 222 Å². The van der Waals surface area contributed by atoms with Crippen molar-refractivity contribution in [3.8, 4) is 17.2 Å². The molecule has 1 unspecified atom stereocenters. The topological polar surface area (TPSA) is 85.3 Å². The highest BCUT2D eigenvalue weighted by Gasteiger charge is 2.46. The molecule has 2 heterocycles. The van der Waals surface area contributed by atoms with E-state index in [9.17, 15) is 14.7 Å². The summed E-state index contributed by atoms with van der Waals surface area (Å²) in [6.45, 7) is 4.76. The number of carbonyl (C=O) groups is 2. The number of methoxy groups -OCH3 is 1. The second kappa shape index (κ2) is 10.6. The molecule has 1 N–H and O–H groups in total. The van der Waals surface area contributed by atoms with Crippen molar-refractivity contribution in [3.05, 3.63) is 94.6 Å². The number of benzene rings is 3. The molecule has 3 aromatic rings. The van der Waals surface area contributed by atoms with Gasteiger partial charge in [0.05, 0.1) is 31.4 Å². The van der Waals surface area contributed by atoms with Crippen LogP contribution in [0.3, 0.4) is 0 Å². The van der Waals surface area contributed by atoms with Gasteiger partial charge in [-0.15, -0.1) is 0 Å². The lowest BCUT2D eigenvalue weighted by Gasteiger charge is -2.26. The van der Waals surface area contributed by atoms with Crippen molar-refractivity contribution in [1.82, 2.24) is 4.90 Å². The van der Waals surface area contributed by atoms with Gasteiger partial charge in [-0.3, -0.25) is 9.59 Å². The maximum Gasteiger partial charge on any atom is 0.295 e. The average Bonchev–Trinajstić information content (AvgIpc) is 3.18. The van der Waals surface area contributed by atoms with Gasteiger partial charge in [0.1, 0.15) is 23.0 Å². The van der Waals surface area contributed by atoms with Crippen molar-refractivity contribution in [3.63, 3.8) is 0 Å². The molecule has 0 aromatic heterocycles. The standard InChI is InChI=1S/C31H31NO6/c1-19(2)38-25-11-6-20(7-12-25)18-32-28(21-8-13-24(36-3)14-9-21)27(30(34)31(32)35)29(33)23-10-15-26-22(17-23)5-4-16-37-26/h6-15,17,19,28,33H,4-5,16,18H2,1-3H3/b29-27-. The van der Waals surface area contributed by atoms with Crippen molar-refractivity contribution >= 4 is 17.4 Å². The number of hydrogen-bond acceptors (Lipinski definition) is 6. The van der Waals surface area contributed by atoms with E-state index in [2.05, 4.69) is 0 Å². The van der Waals surface area contributed by atoms with Crippen LogP contribution in [0.1, 0.15) is 48.6 Å². The van der Waals surface area contributed by atoms with Crippen LogP contribution in [0.25, 0.3) is 5.76 Å². The smallest absolute Gasteiger partial charge is 0.295 e. The van der Waals surface area contributed by atoms with E-state index in [1.165, 1.54) is 4.90 Å². The minimum Gasteiger partial charge on any atom is -0.507 e. The van der Waals surface area contributed by atoms with Crippen LogP contribution >= 0.6 is 0 Å². The first-order chi connectivity index (χ1) is 18.4. The second-order valence-electron chi connectivity index (χ2n) is 9.79. The highest BCUT2D eigenvalue weighted by molar-refractivity contribution is 6.46. The number of ketones is 1. The number of aliphatic hydroxyl groups is 1. The number of hydrogen-bond donors (Lipinski definition) is 1. The number of aryl methyl sites for hydroxylation is 1. The van der Waals surface area contributed by atoms with Crippen molar-refractivity contribution < 1.29 is 28.9 Å². The third-order valence-corrected chi connectivity index (χ3v) is 6.80. The Balaban J connectivity index is 1.56. The van der Waals surface area contributed by atoms with Gasteiger partial charge in [0, 0.05) is 12.1 Å². The summed E-state index contributed by atoms with van der Waals surface area (Å²) >= 11 is 0. The van der Waals surface area contributed by atoms with Crippen molar-refractivity contribution in [1.29, 1.82) is 0 Å². The summed E-state index contributed by atoms with van der Waals surface area (Å²) in [6, 6.07) is 19.3. The summed E-state index contributed by atoms with van der Waals surface area (Å²) in [5.74, 6) is 0.605. The quantitative estimate of drug-likeness (QED) is 0.258. The van der Waals surface area contributed by atoms with E-state index < -0.39 is 17.7 Å². The van der Waals surface area contributed by atoms with Gasteiger partial charge in [-0.05, 0) is 85.8 Å². The molecule has 1 fully saturated rings. The maximum absolute atomic E-state index is 13.4. The SMILES string of the molecule is COc1ccc(C2/C(=C(/O)c3ccc4c(c3)CCCO4)C(=O)C(=O)N2Cc2ccc(OC(C)C)cc2)cc1. The zero-order valence-electron chi connectivity index (χ0n) is 21.8. The number of ether oxygens (including phenoxy) is 3. The van der Waals surface area contributed by atoms with Gasteiger partial charge in [-0.2, -0.15) is 0 Å². The predicted molar refractivity (Wildman–Crippen MR) is 143 cm³/mol. The first-order valence-corrected chi connectivity index (χ1v) is 12.8. The van der Waals surface area contributed by atoms with E-state index in [-0.39, 0.29) is 24.0 Å². The van der Waals surface area contributed by atoms with E-state index in [4.69, 9.17) is 14.2 Å². The molecule has 196 valence electrons. The first kappa shape index (κ1) is 25.4. The van der Waals surface area contributed by atoms with Gasteiger partial charge >= 0.3 is 0 Å². The first-order valence-electron chi connectivity index (χ1n) is 12.8. The summed E-state index contributed by atoms with van der Waals surface area (Å²) < 4.78 is 16.7. The summed E-state index contributed by atoms with van der Waals surface area (Å²) in [6.07, 6.45) is 1.75. The maximum atomic E-state index is 13.4. The van der Waals surface area contributed by atoms with Gasteiger partial charge in [-0.25, -0.2) is 0 Å². The highest BCUT2D eigenvalue weighted by atomic mass is 16.5. The number of carbonyl (C=O) groups excluding carboxylic acids is 2. The summed E-state index contributed by atoms with van der Waals surface area (Å²) in [5, 5.41) is 11.4. The van der Waals surface area contributed by atoms with Crippen molar-refractivity contribution in [2.24, 2.45) is 0 Å². The Bertz CT molecular complexity index is 1370. The van der Waals surface area contributed by atoms with Crippen molar-refractivity contribution in [2.75, 3.05) is 13.7 Å². The molecular weight excluding hydrogens is 482 g/mol. The molecule has 0 radical (unpaired) electrons. The molecule has 0 saturated carbocycles. The van der Waals surface area contributed by atoms with Crippen LogP contribution in [-0.2, 0) is 22.6 Å². The van der Waals surface area contributed by atoms with Crippen LogP contribution in [0.5, 0.6) is 17.2 Å². The van der Waals surface area contributed by atoms with Crippen LogP contribution in [0, 0.1) is 0 Å². The molecule has 0 spiro atoms. The summed E-state index contributed by atoms with van der Waals surface area (Å²) in [7, 11) is 1.58. The fourth-order valence-electron chi connectivity index (χ4n) is 4.98. The zero-order valence-corrected chi connectivity index (χ0v) is 21.8. The minimum absolute atomic E-state index is 0.0453. The van der Waals surface area contributed by atoms with E-state index in [0.717, 1.165) is 35.5 Å². The van der Waals surface area contributed by atoms with Gasteiger partial charge in [0.15, 0.2) is 0 Å². The number of likely N-dealkylation sites (tertiary alicyclic amines) is 1. The molecule has 1 atom stereocenters. The van der Waals surface area contributed by atoms with Crippen LogP contribution in [0.4, 0.5) is 0 Å². The molecule has 5 rings (SSSR count). The summed E-state index contributed by atoms with van der Waals surface area (Å²) in [5.41, 5.74) is 3.07. The third kappa shape index (κ3) is 4.96. The molecule has 38 heavy (non-hydrogen) atoms. The number of amides is 1. The Hall–Kier alpha value is -4.26. The molecule has 2 aliphatic rings. The van der Waals surface area contributed by atoms with E-state index in [1.807, 2.05) is 62.4 Å². The molecule has 0 aliphatic carbocycles. The van der Waals surface area contributed by atoms with Gasteiger partial charge in [0.25, 0.3) is 11.7 Å². The van der Waals surface area contributed by atoms with E-state index in [0.29, 0.717) is 23.5 Å². The Morgan fingerprint density at radius 1 is 1.03 bits per heavy atom. The Kier molecular flexibility index (Phi) is 7.09. The van der Waals surface area contributed by atoms with Gasteiger partial charge in [-0.1, -0.05) is 24.3 Å². The fraction of sp³-hybridized carbons (Fsp3) is 0.290. The van der Waals surface area contributed by atoms with Crippen LogP contribution in [0.15, 0.2) is 72.3 Å². The Morgan fingerprint density at radius 2 is 1.74 bits per heavy atom. The largest absolute Gasteiger partial charge is 0.507 e. The highest BCUT2D eigenvalue weighted by Crippen LogP contribution is 2.41. The predicted octanol–water partition coefficient (Wildman–Crippen LogP) is 5.43. The van der Waals surface area contributed by atoms with E-state index in [1.54, 1.807) is 25.3 Å². The van der Waals surface area contributed by atoms with Crippen molar-refractivity contribution in [2.45, 2.75) is 45.4 Å². The monoisotopic (exact) mass is 513 g/mol. The average molecular weight is 514 g/mol. The van der Waals surface area contributed by atoms with Crippen LogP contribution in [-0.4, -0.2) is 41.5 Å². The zero-order chi connectivity index (χ0) is 26.8. The molecule has 3 aromatic carbocycles. The Morgan fingerprint density at radius 3 is 2.42 bits per heavy atom. The molecule has 7 heteroatoms. The third-order valence-electron chi connectivity index (χ3n) is 6.80. The normalized spacial score (nSPS) is 18.3. The number of rotatable bonds is 7. The van der Waals surface area contributed by atoms with Gasteiger partial charge in [0.2, 0.25) is 0 Å². The van der Waals surface area contributed by atoms with Gasteiger partial charge < -0.3 is 24.2 Å². The lowest BCUT2D eigenvalue weighted by molar-refractivity contribution is -0.140.